The van der Waals surface area contributed by atoms with E-state index < -0.39 is 5.97 Å². The van der Waals surface area contributed by atoms with Crippen LogP contribution in [0.3, 0.4) is 0 Å². The van der Waals surface area contributed by atoms with Gasteiger partial charge in [0.15, 0.2) is 0 Å². The number of carbonyl (C=O) groups excluding carboxylic acids is 1. The minimum absolute atomic E-state index is 0.0183. The second kappa shape index (κ2) is 4.45. The zero-order chi connectivity index (χ0) is 8.85. The highest BCUT2D eigenvalue weighted by Gasteiger charge is 2.02. The van der Waals surface area contributed by atoms with Crippen LogP contribution in [0.4, 0.5) is 0 Å². The maximum atomic E-state index is 10.6. The van der Waals surface area contributed by atoms with Gasteiger partial charge >= 0.3 is 5.97 Å². The van der Waals surface area contributed by atoms with Crippen molar-refractivity contribution in [3.8, 4) is 0 Å². The summed E-state index contributed by atoms with van der Waals surface area (Å²) in [6.45, 7) is 3.34. The Bertz CT molecular complexity index is 186. The van der Waals surface area contributed by atoms with Crippen molar-refractivity contribution in [3.63, 3.8) is 0 Å². The van der Waals surface area contributed by atoms with Crippen molar-refractivity contribution in [3.05, 3.63) is 12.3 Å². The van der Waals surface area contributed by atoms with E-state index in [1.807, 2.05) is 0 Å². The Balaban J connectivity index is 3.97. The Kier molecular flexibility index (Phi) is 3.90. The lowest BCUT2D eigenvalue weighted by Crippen LogP contribution is -2.24. The molecule has 11 heavy (non-hydrogen) atoms. The maximum absolute atomic E-state index is 10.6. The van der Waals surface area contributed by atoms with Crippen LogP contribution in [-0.4, -0.2) is 31.5 Å². The summed E-state index contributed by atoms with van der Waals surface area (Å²) in [5.74, 6) is 4.61. The molecule has 0 aliphatic rings. The Morgan fingerprint density at radius 2 is 2.36 bits per heavy atom. The van der Waals surface area contributed by atoms with E-state index in [4.69, 9.17) is 5.84 Å². The van der Waals surface area contributed by atoms with Crippen LogP contribution in [0.5, 0.6) is 0 Å². The van der Waals surface area contributed by atoms with Gasteiger partial charge in [0.05, 0.1) is 7.11 Å². The van der Waals surface area contributed by atoms with Crippen molar-refractivity contribution in [1.29, 1.82) is 0 Å². The molecule has 62 valence electrons. The van der Waals surface area contributed by atoms with Crippen LogP contribution >= 0.6 is 0 Å². The largest absolute Gasteiger partial charge is 0.464 e. The molecule has 0 atom stereocenters. The SMILES string of the molecule is C=C(/N=C\N(C)N)C(=O)OC. The molecule has 5 heteroatoms. The molecule has 5 nitrogen and oxygen atoms in total. The van der Waals surface area contributed by atoms with Crippen LogP contribution in [0.1, 0.15) is 0 Å². The van der Waals surface area contributed by atoms with Crippen LogP contribution in [0.15, 0.2) is 17.3 Å². The number of hydrogen-bond acceptors (Lipinski definition) is 4. The summed E-state index contributed by atoms with van der Waals surface area (Å²) >= 11 is 0. The summed E-state index contributed by atoms with van der Waals surface area (Å²) in [6.07, 6.45) is 1.26. The highest BCUT2D eigenvalue weighted by Crippen LogP contribution is 1.93. The monoisotopic (exact) mass is 157 g/mol. The van der Waals surface area contributed by atoms with Crippen LogP contribution in [0.25, 0.3) is 0 Å². The first-order valence-electron chi connectivity index (χ1n) is 2.87. The van der Waals surface area contributed by atoms with E-state index in [-0.39, 0.29) is 5.70 Å². The topological polar surface area (TPSA) is 67.9 Å². The van der Waals surface area contributed by atoms with Crippen LogP contribution in [0, 0.1) is 0 Å². The first kappa shape index (κ1) is 9.64. The van der Waals surface area contributed by atoms with Gasteiger partial charge in [-0.15, -0.1) is 0 Å². The molecule has 0 aromatic heterocycles. The summed E-state index contributed by atoms with van der Waals surface area (Å²) in [5, 5.41) is 1.20. The summed E-state index contributed by atoms with van der Waals surface area (Å²) in [7, 11) is 2.84. The first-order valence-corrected chi connectivity index (χ1v) is 2.87. The van der Waals surface area contributed by atoms with Crippen molar-refractivity contribution in [2.24, 2.45) is 10.8 Å². The van der Waals surface area contributed by atoms with E-state index in [0.717, 1.165) is 0 Å². The molecule has 0 saturated carbocycles. The number of esters is 1. The lowest BCUT2D eigenvalue weighted by atomic mass is 10.5. The van der Waals surface area contributed by atoms with Gasteiger partial charge < -0.3 is 9.75 Å². The molecule has 0 aromatic carbocycles. The number of ether oxygens (including phenoxy) is 1. The van der Waals surface area contributed by atoms with Gasteiger partial charge in [-0.05, 0) is 0 Å². The minimum atomic E-state index is -0.567. The van der Waals surface area contributed by atoms with Gasteiger partial charge in [0.25, 0.3) is 0 Å². The van der Waals surface area contributed by atoms with E-state index >= 15 is 0 Å². The van der Waals surface area contributed by atoms with Gasteiger partial charge in [-0.1, -0.05) is 6.58 Å². The van der Waals surface area contributed by atoms with Crippen molar-refractivity contribution < 1.29 is 9.53 Å². The zero-order valence-electron chi connectivity index (χ0n) is 6.57. The van der Waals surface area contributed by atoms with E-state index in [0.29, 0.717) is 0 Å². The fraction of sp³-hybridized carbons (Fsp3) is 0.333. The number of aliphatic imine (C=N–C) groups is 1. The smallest absolute Gasteiger partial charge is 0.356 e. The van der Waals surface area contributed by atoms with Crippen molar-refractivity contribution in [1.82, 2.24) is 5.01 Å². The fourth-order valence-corrected chi connectivity index (χ4v) is 0.331. The van der Waals surface area contributed by atoms with E-state index in [1.165, 1.54) is 18.5 Å². The first-order chi connectivity index (χ1) is 5.07. The van der Waals surface area contributed by atoms with Crippen LogP contribution in [-0.2, 0) is 9.53 Å². The zero-order valence-corrected chi connectivity index (χ0v) is 6.57. The number of nitrogens with two attached hydrogens (primary N) is 1. The van der Waals surface area contributed by atoms with Gasteiger partial charge in [-0.25, -0.2) is 15.6 Å². The summed E-state index contributed by atoms with van der Waals surface area (Å²) in [4.78, 5) is 14.2. The van der Waals surface area contributed by atoms with Crippen LogP contribution < -0.4 is 5.84 Å². The second-order valence-electron chi connectivity index (χ2n) is 1.85. The Hall–Kier alpha value is -1.36. The summed E-state index contributed by atoms with van der Waals surface area (Å²) in [5.41, 5.74) is 0.0183. The van der Waals surface area contributed by atoms with Gasteiger partial charge in [-0.2, -0.15) is 0 Å². The molecule has 0 radical (unpaired) electrons. The molecule has 0 bridgehead atoms. The Morgan fingerprint density at radius 1 is 1.82 bits per heavy atom. The molecule has 0 aromatic rings. The average Bonchev–Trinajstić information content (AvgIpc) is 1.98. The molecule has 0 unspecified atom stereocenters. The molecular formula is C6H11N3O2. The lowest BCUT2D eigenvalue weighted by molar-refractivity contribution is -0.136. The van der Waals surface area contributed by atoms with E-state index in [1.54, 1.807) is 7.05 Å². The highest BCUT2D eigenvalue weighted by atomic mass is 16.5. The van der Waals surface area contributed by atoms with Crippen molar-refractivity contribution in [2.75, 3.05) is 14.2 Å². The second-order valence-corrected chi connectivity index (χ2v) is 1.85. The molecule has 0 aliphatic carbocycles. The number of nitrogens with zero attached hydrogens (tertiary/aromatic N) is 2. The molecular weight excluding hydrogens is 146 g/mol. The highest BCUT2D eigenvalue weighted by molar-refractivity contribution is 5.88. The molecule has 0 fully saturated rings. The number of hydrogen-bond donors (Lipinski definition) is 1. The van der Waals surface area contributed by atoms with Gasteiger partial charge in [0.2, 0.25) is 0 Å². The molecule has 0 amide bonds. The van der Waals surface area contributed by atoms with E-state index in [9.17, 15) is 4.79 Å². The predicted octanol–water partition coefficient (Wildman–Crippen LogP) is -0.493. The molecule has 0 heterocycles. The third-order valence-electron chi connectivity index (χ3n) is 0.817. The number of hydrazine groups is 1. The summed E-state index contributed by atoms with van der Waals surface area (Å²) in [6, 6.07) is 0. The lowest BCUT2D eigenvalue weighted by Gasteiger charge is -2.02. The third-order valence-corrected chi connectivity index (χ3v) is 0.817. The van der Waals surface area contributed by atoms with E-state index in [2.05, 4.69) is 16.3 Å². The fourth-order valence-electron chi connectivity index (χ4n) is 0.331. The normalized spacial score (nSPS) is 9.73. The van der Waals surface area contributed by atoms with Crippen molar-refractivity contribution >= 4 is 12.3 Å². The number of carbonyl (C=O) groups is 1. The molecule has 0 aliphatic heterocycles. The molecule has 0 rings (SSSR count). The molecule has 0 spiro atoms. The van der Waals surface area contributed by atoms with Crippen LogP contribution in [0.2, 0.25) is 0 Å². The maximum Gasteiger partial charge on any atom is 0.356 e. The predicted molar refractivity (Wildman–Crippen MR) is 41.6 cm³/mol. The van der Waals surface area contributed by atoms with Crippen molar-refractivity contribution in [2.45, 2.75) is 0 Å². The Labute approximate surface area is 65.1 Å². The molecule has 2 N–H and O–H groups in total. The average molecular weight is 157 g/mol. The van der Waals surface area contributed by atoms with Gasteiger partial charge in [-0.3, -0.25) is 0 Å². The standard InChI is InChI=1S/C6H11N3O2/c1-5(6(10)11-3)8-4-9(2)7/h4H,1,7H2,2-3H3/b8-4-. The Morgan fingerprint density at radius 3 is 2.73 bits per heavy atom. The third kappa shape index (κ3) is 4.10. The quantitative estimate of drug-likeness (QED) is 0.150. The number of rotatable bonds is 3. The summed E-state index contributed by atoms with van der Waals surface area (Å²) < 4.78 is 4.33. The minimum Gasteiger partial charge on any atom is -0.464 e. The van der Waals surface area contributed by atoms with Gasteiger partial charge in [0, 0.05) is 7.05 Å². The van der Waals surface area contributed by atoms with Gasteiger partial charge in [0.1, 0.15) is 12.0 Å². The number of methoxy groups -OCH3 is 1. The molecule has 0 saturated heterocycles.